The van der Waals surface area contributed by atoms with Crippen molar-refractivity contribution in [2.45, 2.75) is 18.7 Å². The Morgan fingerprint density at radius 3 is 2.56 bits per heavy atom. The molecule has 0 aliphatic carbocycles. The number of hydrogen-bond donors (Lipinski definition) is 1. The number of sulfonamides is 1. The summed E-state index contributed by atoms with van der Waals surface area (Å²) in [4.78, 5) is 27.2. The van der Waals surface area contributed by atoms with Crippen molar-refractivity contribution in [3.05, 3.63) is 58.9 Å². The fraction of sp³-hybridized carbons (Fsp3) is 0.333. The minimum absolute atomic E-state index is 0.0171. The number of nitrogens with zero attached hydrogens (tertiary/aromatic N) is 2. The average molecular weight is 536 g/mol. The minimum Gasteiger partial charge on any atom is -0.462 e. The molecule has 1 amide bonds. The van der Waals surface area contributed by atoms with Gasteiger partial charge in [-0.2, -0.15) is 4.31 Å². The van der Waals surface area contributed by atoms with Crippen molar-refractivity contribution in [2.24, 2.45) is 0 Å². The highest BCUT2D eigenvalue weighted by atomic mass is 32.2. The molecule has 2 aromatic heterocycles. The molecule has 4 rings (SSSR count). The molecule has 36 heavy (non-hydrogen) atoms. The van der Waals surface area contributed by atoms with Crippen LogP contribution in [0.5, 0.6) is 0 Å². The maximum absolute atomic E-state index is 13.5. The highest BCUT2D eigenvalue weighted by molar-refractivity contribution is 7.89. The Hall–Kier alpha value is -3.06. The molecule has 0 atom stereocenters. The van der Waals surface area contributed by atoms with Crippen molar-refractivity contribution in [1.29, 1.82) is 0 Å². The number of carbonyl (C=O) groups excluding carboxylic acids is 2. The second kappa shape index (κ2) is 10.9. The molecule has 0 spiro atoms. The van der Waals surface area contributed by atoms with Crippen LogP contribution in [-0.4, -0.2) is 68.8 Å². The Morgan fingerprint density at radius 2 is 1.92 bits per heavy atom. The lowest BCUT2D eigenvalue weighted by Gasteiger charge is -2.33. The average Bonchev–Trinajstić information content (AvgIpc) is 3.45. The number of carbonyl (C=O) groups is 2. The molecule has 1 aromatic carbocycles. The summed E-state index contributed by atoms with van der Waals surface area (Å²) < 4.78 is 51.2. The van der Waals surface area contributed by atoms with Gasteiger partial charge in [0.1, 0.15) is 27.9 Å². The lowest BCUT2D eigenvalue weighted by atomic mass is 10.1. The number of aryl methyl sites for hydroxylation is 1. The van der Waals surface area contributed by atoms with Crippen LogP contribution in [0.3, 0.4) is 0 Å². The van der Waals surface area contributed by atoms with E-state index in [-0.39, 0.29) is 42.6 Å². The van der Waals surface area contributed by atoms with E-state index in [0.717, 1.165) is 6.07 Å². The number of amides is 1. The Morgan fingerprint density at radius 1 is 1.17 bits per heavy atom. The van der Waals surface area contributed by atoms with E-state index in [1.54, 1.807) is 31.4 Å². The van der Waals surface area contributed by atoms with Crippen LogP contribution in [0.4, 0.5) is 9.39 Å². The van der Waals surface area contributed by atoms with Gasteiger partial charge in [0.15, 0.2) is 0 Å². The van der Waals surface area contributed by atoms with E-state index in [2.05, 4.69) is 5.32 Å². The molecule has 3 heterocycles. The molecule has 3 aromatic rings. The molecule has 12 heteroatoms. The number of halogens is 1. The fourth-order valence-electron chi connectivity index (χ4n) is 3.89. The van der Waals surface area contributed by atoms with E-state index in [4.69, 9.17) is 9.15 Å². The number of rotatable bonds is 8. The van der Waals surface area contributed by atoms with Crippen molar-refractivity contribution >= 4 is 38.2 Å². The van der Waals surface area contributed by atoms with Gasteiger partial charge in [0.05, 0.1) is 18.0 Å². The highest BCUT2D eigenvalue weighted by Crippen LogP contribution is 2.37. The van der Waals surface area contributed by atoms with E-state index >= 15 is 0 Å². The van der Waals surface area contributed by atoms with Crippen LogP contribution in [0.2, 0.25) is 0 Å². The van der Waals surface area contributed by atoms with Gasteiger partial charge in [0, 0.05) is 37.1 Å². The first kappa shape index (κ1) is 26.0. The molecule has 1 N–H and O–H groups in total. The van der Waals surface area contributed by atoms with Gasteiger partial charge >= 0.3 is 5.97 Å². The number of thiophene rings is 1. The van der Waals surface area contributed by atoms with Crippen LogP contribution in [0.25, 0.3) is 11.3 Å². The molecule has 1 aliphatic heterocycles. The quantitative estimate of drug-likeness (QED) is 0.439. The first-order valence-corrected chi connectivity index (χ1v) is 13.6. The van der Waals surface area contributed by atoms with Crippen LogP contribution >= 0.6 is 11.3 Å². The molecular weight excluding hydrogens is 509 g/mol. The molecule has 1 saturated heterocycles. The van der Waals surface area contributed by atoms with Gasteiger partial charge in [-0.15, -0.1) is 11.3 Å². The summed E-state index contributed by atoms with van der Waals surface area (Å²) in [6.45, 7) is 4.69. The zero-order valence-electron chi connectivity index (χ0n) is 19.8. The molecule has 0 bridgehead atoms. The third kappa shape index (κ3) is 5.67. The molecule has 9 nitrogen and oxygen atoms in total. The SMILES string of the molecule is CCOC(=O)c1c(-c2ccc(C)o2)csc1NC(=O)CN1CCN(S(=O)(=O)c2cccc(F)c2)CC1. The Balaban J connectivity index is 1.40. The number of esters is 1. The maximum atomic E-state index is 13.5. The summed E-state index contributed by atoms with van der Waals surface area (Å²) in [5, 5.41) is 4.88. The van der Waals surface area contributed by atoms with E-state index < -0.39 is 21.8 Å². The van der Waals surface area contributed by atoms with Gasteiger partial charge in [0.25, 0.3) is 0 Å². The summed E-state index contributed by atoms with van der Waals surface area (Å²) in [7, 11) is -3.82. The predicted molar refractivity (Wildman–Crippen MR) is 133 cm³/mol. The minimum atomic E-state index is -3.82. The van der Waals surface area contributed by atoms with Gasteiger partial charge in [-0.25, -0.2) is 17.6 Å². The zero-order chi connectivity index (χ0) is 25.9. The lowest BCUT2D eigenvalue weighted by Crippen LogP contribution is -2.50. The normalized spacial score (nSPS) is 15.1. The topological polar surface area (TPSA) is 109 Å². The Kier molecular flexibility index (Phi) is 7.88. The first-order chi connectivity index (χ1) is 17.2. The van der Waals surface area contributed by atoms with Crippen LogP contribution in [0.15, 0.2) is 51.1 Å². The van der Waals surface area contributed by atoms with Crippen LogP contribution in [0.1, 0.15) is 23.0 Å². The third-order valence-corrected chi connectivity index (χ3v) is 8.45. The van der Waals surface area contributed by atoms with Gasteiger partial charge < -0.3 is 14.5 Å². The number of anilines is 1. The fourth-order valence-corrected chi connectivity index (χ4v) is 6.30. The standard InChI is InChI=1S/C24H26FN3O6S2/c1-3-33-24(30)22-19(20-8-7-16(2)34-20)15-35-23(22)26-21(29)14-27-9-11-28(12-10-27)36(31,32)18-6-4-5-17(25)13-18/h4-8,13,15H,3,9-12,14H2,1-2H3,(H,26,29). The number of hydrogen-bond acceptors (Lipinski definition) is 8. The van der Waals surface area contributed by atoms with Gasteiger partial charge in [-0.3, -0.25) is 9.69 Å². The molecule has 1 fully saturated rings. The second-order valence-corrected chi connectivity index (χ2v) is 11.0. The largest absolute Gasteiger partial charge is 0.462 e. The summed E-state index contributed by atoms with van der Waals surface area (Å²) in [5.41, 5.74) is 0.772. The summed E-state index contributed by atoms with van der Waals surface area (Å²) in [6.07, 6.45) is 0. The highest BCUT2D eigenvalue weighted by Gasteiger charge is 2.30. The molecule has 0 saturated carbocycles. The first-order valence-electron chi connectivity index (χ1n) is 11.3. The van der Waals surface area contributed by atoms with Crippen molar-refractivity contribution in [3.8, 4) is 11.3 Å². The zero-order valence-corrected chi connectivity index (χ0v) is 21.5. The monoisotopic (exact) mass is 535 g/mol. The van der Waals surface area contributed by atoms with Crippen molar-refractivity contribution in [1.82, 2.24) is 9.21 Å². The number of nitrogens with one attached hydrogen (secondary N) is 1. The lowest BCUT2D eigenvalue weighted by molar-refractivity contribution is -0.117. The number of ether oxygens (including phenoxy) is 1. The number of furan rings is 1. The Labute approximate surface area is 212 Å². The van der Waals surface area contributed by atoms with E-state index in [1.807, 2.05) is 4.90 Å². The van der Waals surface area contributed by atoms with Gasteiger partial charge in [0.2, 0.25) is 15.9 Å². The summed E-state index contributed by atoms with van der Waals surface area (Å²) >= 11 is 1.20. The van der Waals surface area contributed by atoms with E-state index in [9.17, 15) is 22.4 Å². The summed E-state index contributed by atoms with van der Waals surface area (Å²) in [5.74, 6) is -0.328. The van der Waals surface area contributed by atoms with E-state index in [1.165, 1.54) is 33.8 Å². The van der Waals surface area contributed by atoms with Crippen LogP contribution < -0.4 is 5.32 Å². The number of piperazine rings is 1. The predicted octanol–water partition coefficient (Wildman–Crippen LogP) is 3.58. The van der Waals surface area contributed by atoms with Crippen molar-refractivity contribution in [2.75, 3.05) is 44.6 Å². The molecule has 0 unspecified atom stereocenters. The molecular formula is C24H26FN3O6S2. The summed E-state index contributed by atoms with van der Waals surface area (Å²) in [6, 6.07) is 8.44. The molecule has 1 aliphatic rings. The Bertz CT molecular complexity index is 1360. The third-order valence-electron chi connectivity index (χ3n) is 5.66. The second-order valence-electron chi connectivity index (χ2n) is 8.17. The van der Waals surface area contributed by atoms with Gasteiger partial charge in [-0.1, -0.05) is 6.07 Å². The van der Waals surface area contributed by atoms with Crippen molar-refractivity contribution < 1.29 is 31.6 Å². The molecule has 0 radical (unpaired) electrons. The smallest absolute Gasteiger partial charge is 0.341 e. The maximum Gasteiger partial charge on any atom is 0.341 e. The van der Waals surface area contributed by atoms with Crippen LogP contribution in [-0.2, 0) is 19.6 Å². The van der Waals surface area contributed by atoms with Gasteiger partial charge in [-0.05, 0) is 44.2 Å². The number of benzene rings is 1. The van der Waals surface area contributed by atoms with E-state index in [0.29, 0.717) is 35.2 Å². The van der Waals surface area contributed by atoms with Crippen molar-refractivity contribution in [3.63, 3.8) is 0 Å². The molecule has 192 valence electrons. The van der Waals surface area contributed by atoms with Crippen LogP contribution in [0, 0.1) is 12.7 Å².